The molecule has 1 N–H and O–H groups in total. The number of hydrogen-bond acceptors (Lipinski definition) is 1. The first-order valence-corrected chi connectivity index (χ1v) is 17.0. The summed E-state index contributed by atoms with van der Waals surface area (Å²) in [6, 6.07) is 10.2. The predicted octanol–water partition coefficient (Wildman–Crippen LogP) is 6.66. The summed E-state index contributed by atoms with van der Waals surface area (Å²) in [5.41, 5.74) is 1.03. The zero-order chi connectivity index (χ0) is 17.1. The van der Waals surface area contributed by atoms with Gasteiger partial charge in [-0.05, 0) is 0 Å². The number of benzene rings is 1. The van der Waals surface area contributed by atoms with Crippen LogP contribution in [-0.2, 0) is 0 Å². The Hall–Kier alpha value is -0.281. The average molecular weight is 423 g/mol. The Morgan fingerprint density at radius 3 is 1.74 bits per heavy atom. The van der Waals surface area contributed by atoms with E-state index in [1.807, 2.05) is 30.3 Å². The Bertz CT molecular complexity index is 419. The van der Waals surface area contributed by atoms with E-state index < -0.39 is 24.5 Å². The topological polar surface area (TPSA) is 20.2 Å². The standard InChI is InChI=1S/C9H9O.3C4H9.Sn/c1-2-9(10)8-6-4-3-5-7-8;3*1-3-4-2;/h3-7,9-10H,1H2;3*1,3-4H2,2H3;. The van der Waals surface area contributed by atoms with Gasteiger partial charge in [0, 0.05) is 0 Å². The van der Waals surface area contributed by atoms with Gasteiger partial charge in [0.25, 0.3) is 0 Å². The van der Waals surface area contributed by atoms with Crippen molar-refractivity contribution in [2.75, 3.05) is 0 Å². The monoisotopic (exact) mass is 424 g/mol. The second-order valence-electron chi connectivity index (χ2n) is 6.93. The molecule has 130 valence electrons. The van der Waals surface area contributed by atoms with E-state index in [-0.39, 0.29) is 0 Å². The van der Waals surface area contributed by atoms with Crippen molar-refractivity contribution in [3.63, 3.8) is 0 Å². The molecular weight excluding hydrogens is 387 g/mol. The van der Waals surface area contributed by atoms with Gasteiger partial charge >= 0.3 is 148 Å². The van der Waals surface area contributed by atoms with Crippen LogP contribution >= 0.6 is 0 Å². The number of rotatable bonds is 12. The molecule has 0 bridgehead atoms. The minimum absolute atomic E-state index is 0.447. The van der Waals surface area contributed by atoms with Crippen molar-refractivity contribution in [2.45, 2.75) is 78.7 Å². The van der Waals surface area contributed by atoms with Crippen LogP contribution < -0.4 is 0 Å². The van der Waals surface area contributed by atoms with Gasteiger partial charge in [0.15, 0.2) is 0 Å². The van der Waals surface area contributed by atoms with Gasteiger partial charge < -0.3 is 0 Å². The van der Waals surface area contributed by atoms with Crippen LogP contribution in [0.15, 0.2) is 40.5 Å². The number of unbranched alkanes of at least 4 members (excludes halogenated alkanes) is 3. The molecule has 1 rings (SSSR count). The number of aliphatic hydroxyl groups excluding tert-OH is 1. The molecule has 2 heteroatoms. The summed E-state index contributed by atoms with van der Waals surface area (Å²) in [5, 5.41) is 11.0. The summed E-state index contributed by atoms with van der Waals surface area (Å²) in [5.74, 6) is 0. The fourth-order valence-corrected chi connectivity index (χ4v) is 19.4. The Morgan fingerprint density at radius 1 is 0.913 bits per heavy atom. The van der Waals surface area contributed by atoms with Gasteiger partial charge in [0.05, 0.1) is 0 Å². The third-order valence-electron chi connectivity index (χ3n) is 5.15. The Morgan fingerprint density at radius 2 is 1.35 bits per heavy atom. The van der Waals surface area contributed by atoms with E-state index in [4.69, 9.17) is 0 Å². The molecule has 0 aromatic heterocycles. The summed E-state index contributed by atoms with van der Waals surface area (Å²) in [6.45, 7) is 11.4. The maximum absolute atomic E-state index is 11.0. The maximum atomic E-state index is 11.0. The second kappa shape index (κ2) is 11.3. The van der Waals surface area contributed by atoms with Gasteiger partial charge in [-0.3, -0.25) is 0 Å². The van der Waals surface area contributed by atoms with E-state index >= 15 is 0 Å². The molecule has 0 aliphatic rings. The molecule has 1 aromatic carbocycles. The fourth-order valence-electron chi connectivity index (χ4n) is 3.53. The van der Waals surface area contributed by atoms with Crippen LogP contribution in [0.2, 0.25) is 13.3 Å². The Kier molecular flexibility index (Phi) is 10.2. The van der Waals surface area contributed by atoms with E-state index in [0.717, 1.165) is 5.56 Å². The molecule has 0 saturated heterocycles. The Labute approximate surface area is 148 Å². The third-order valence-corrected chi connectivity index (χ3v) is 21.0. The van der Waals surface area contributed by atoms with Gasteiger partial charge in [-0.15, -0.1) is 0 Å². The molecule has 0 radical (unpaired) electrons. The van der Waals surface area contributed by atoms with Crippen LogP contribution in [0.25, 0.3) is 0 Å². The first-order valence-electron chi connectivity index (χ1n) is 9.53. The predicted molar refractivity (Wildman–Crippen MR) is 105 cm³/mol. The molecule has 0 saturated carbocycles. The zero-order valence-electron chi connectivity index (χ0n) is 15.5. The summed E-state index contributed by atoms with van der Waals surface area (Å²) in [4.78, 5) is 0. The average Bonchev–Trinajstić information content (AvgIpc) is 2.61. The first kappa shape index (κ1) is 20.8. The molecule has 1 aromatic rings. The van der Waals surface area contributed by atoms with Crippen LogP contribution in [-0.4, -0.2) is 23.5 Å². The fraction of sp³-hybridized carbons (Fsp3) is 0.619. The van der Waals surface area contributed by atoms with E-state index in [9.17, 15) is 5.11 Å². The normalized spacial score (nSPS) is 13.0. The number of aliphatic hydroxyl groups is 1. The summed E-state index contributed by atoms with van der Waals surface area (Å²) < 4.78 is 5.36. The van der Waals surface area contributed by atoms with Crippen molar-refractivity contribution < 1.29 is 5.11 Å². The molecular formula is C21H36OSn. The summed E-state index contributed by atoms with van der Waals surface area (Å²) in [7, 11) is 0. The van der Waals surface area contributed by atoms with Crippen LogP contribution in [0.5, 0.6) is 0 Å². The van der Waals surface area contributed by atoms with Crippen molar-refractivity contribution >= 4 is 18.4 Å². The van der Waals surface area contributed by atoms with Gasteiger partial charge in [0.1, 0.15) is 0 Å². The van der Waals surface area contributed by atoms with Crippen molar-refractivity contribution in [1.29, 1.82) is 0 Å². The SMILES string of the molecule is C=[C](C(O)c1ccccc1)[Sn]([CH2]CCC)([CH2]CCC)[CH2]CCC. The van der Waals surface area contributed by atoms with Gasteiger partial charge in [-0.25, -0.2) is 0 Å². The molecule has 0 spiro atoms. The molecule has 23 heavy (non-hydrogen) atoms. The van der Waals surface area contributed by atoms with Gasteiger partial charge in [-0.1, -0.05) is 0 Å². The van der Waals surface area contributed by atoms with E-state index in [1.165, 1.54) is 55.4 Å². The van der Waals surface area contributed by atoms with Crippen LogP contribution in [0.4, 0.5) is 0 Å². The summed E-state index contributed by atoms with van der Waals surface area (Å²) in [6.07, 6.45) is 7.25. The van der Waals surface area contributed by atoms with Crippen LogP contribution in [0, 0.1) is 0 Å². The minimum atomic E-state index is -2.55. The van der Waals surface area contributed by atoms with Crippen molar-refractivity contribution in [3.8, 4) is 0 Å². The molecule has 0 heterocycles. The Balaban J connectivity index is 3.04. The van der Waals surface area contributed by atoms with Crippen LogP contribution in [0.3, 0.4) is 0 Å². The van der Waals surface area contributed by atoms with E-state index in [2.05, 4.69) is 27.4 Å². The van der Waals surface area contributed by atoms with Crippen LogP contribution in [0.1, 0.15) is 71.0 Å². The van der Waals surface area contributed by atoms with Gasteiger partial charge in [-0.2, -0.15) is 0 Å². The van der Waals surface area contributed by atoms with Gasteiger partial charge in [0.2, 0.25) is 0 Å². The number of hydrogen-bond donors (Lipinski definition) is 1. The molecule has 0 fully saturated rings. The van der Waals surface area contributed by atoms with E-state index in [1.54, 1.807) is 0 Å². The van der Waals surface area contributed by atoms with E-state index in [0.29, 0.717) is 0 Å². The molecule has 1 nitrogen and oxygen atoms in total. The van der Waals surface area contributed by atoms with Crippen molar-refractivity contribution in [2.24, 2.45) is 0 Å². The van der Waals surface area contributed by atoms with Crippen molar-refractivity contribution in [3.05, 3.63) is 46.1 Å². The first-order chi connectivity index (χ1) is 11.1. The molecule has 1 unspecified atom stereocenters. The van der Waals surface area contributed by atoms with Crippen molar-refractivity contribution in [1.82, 2.24) is 0 Å². The quantitative estimate of drug-likeness (QED) is 0.373. The third kappa shape index (κ3) is 6.26. The second-order valence-corrected chi connectivity index (χ2v) is 20.4. The molecule has 0 aliphatic carbocycles. The molecule has 0 amide bonds. The molecule has 0 aliphatic heterocycles. The zero-order valence-corrected chi connectivity index (χ0v) is 18.3. The summed E-state index contributed by atoms with van der Waals surface area (Å²) >= 11 is -2.55. The molecule has 1 atom stereocenters.